The number of aryl methyl sites for hydroxylation is 1. The van der Waals surface area contributed by atoms with Crippen molar-refractivity contribution in [2.45, 2.75) is 58.0 Å². The number of rotatable bonds is 4. The zero-order chi connectivity index (χ0) is 24.0. The van der Waals surface area contributed by atoms with Gasteiger partial charge in [0.05, 0.1) is 0 Å². The van der Waals surface area contributed by atoms with Crippen molar-refractivity contribution in [1.29, 1.82) is 0 Å². The highest BCUT2D eigenvalue weighted by atomic mass is 19.1. The van der Waals surface area contributed by atoms with E-state index in [0.29, 0.717) is 22.5 Å². The highest BCUT2D eigenvalue weighted by Gasteiger charge is 2.31. The molecule has 2 aliphatic rings. The van der Waals surface area contributed by atoms with Crippen LogP contribution in [0.2, 0.25) is 0 Å². The number of benzene rings is 1. The van der Waals surface area contributed by atoms with Crippen molar-refractivity contribution >= 4 is 28.4 Å². The normalized spacial score (nSPS) is 19.1. The van der Waals surface area contributed by atoms with Gasteiger partial charge in [0.15, 0.2) is 5.82 Å². The van der Waals surface area contributed by atoms with Crippen molar-refractivity contribution in [3.05, 3.63) is 52.2 Å². The molecule has 0 amide bonds. The summed E-state index contributed by atoms with van der Waals surface area (Å²) in [6.07, 6.45) is 5.45. The lowest BCUT2D eigenvalue weighted by Gasteiger charge is -2.46. The summed E-state index contributed by atoms with van der Waals surface area (Å²) in [4.78, 5) is 26.7. The van der Waals surface area contributed by atoms with Crippen molar-refractivity contribution in [3.8, 4) is 0 Å². The van der Waals surface area contributed by atoms with Gasteiger partial charge in [-0.05, 0) is 64.9 Å². The minimum Gasteiger partial charge on any atom is -0.368 e. The van der Waals surface area contributed by atoms with Crippen LogP contribution >= 0.6 is 0 Å². The van der Waals surface area contributed by atoms with E-state index in [2.05, 4.69) is 58.1 Å². The molecule has 34 heavy (non-hydrogen) atoms. The van der Waals surface area contributed by atoms with Gasteiger partial charge in [0.2, 0.25) is 5.95 Å². The Morgan fingerprint density at radius 1 is 1.12 bits per heavy atom. The first kappa shape index (κ1) is 22.8. The fraction of sp³-hybridized carbons (Fsp3) is 0.500. The van der Waals surface area contributed by atoms with Crippen LogP contribution < -0.4 is 15.8 Å². The quantitative estimate of drug-likeness (QED) is 0.607. The van der Waals surface area contributed by atoms with Gasteiger partial charge < -0.3 is 10.2 Å². The number of likely N-dealkylation sites (N-methyl/N-ethyl adjacent to an activating group) is 1. The van der Waals surface area contributed by atoms with Crippen LogP contribution in [0.5, 0.6) is 0 Å². The van der Waals surface area contributed by atoms with Crippen molar-refractivity contribution in [2.24, 2.45) is 0 Å². The fourth-order valence-corrected chi connectivity index (χ4v) is 5.21. The lowest BCUT2D eigenvalue weighted by molar-refractivity contribution is 0.139. The molecule has 1 saturated heterocycles. The number of fused-ring (bicyclic) bond motifs is 1. The molecule has 0 spiro atoms. The van der Waals surface area contributed by atoms with E-state index < -0.39 is 11.4 Å². The summed E-state index contributed by atoms with van der Waals surface area (Å²) in [5.74, 6) is -0.301. The molecule has 0 atom stereocenters. The summed E-state index contributed by atoms with van der Waals surface area (Å²) < 4.78 is 16.2. The van der Waals surface area contributed by atoms with Crippen LogP contribution in [0.1, 0.15) is 51.1 Å². The van der Waals surface area contributed by atoms with E-state index in [-0.39, 0.29) is 11.6 Å². The Morgan fingerprint density at radius 3 is 2.50 bits per heavy atom. The first-order chi connectivity index (χ1) is 16.2. The Kier molecular flexibility index (Phi) is 5.80. The molecule has 1 aliphatic heterocycles. The average Bonchev–Trinajstić information content (AvgIpc) is 3.34. The summed E-state index contributed by atoms with van der Waals surface area (Å²) in [5.41, 5.74) is 2.41. The molecule has 2 fully saturated rings. The van der Waals surface area contributed by atoms with Gasteiger partial charge in [-0.15, -0.1) is 0 Å². The summed E-state index contributed by atoms with van der Waals surface area (Å²) in [5, 5.41) is 3.85. The van der Waals surface area contributed by atoms with E-state index in [4.69, 9.17) is 0 Å². The molecule has 0 bridgehead atoms. The van der Waals surface area contributed by atoms with Gasteiger partial charge in [-0.2, -0.15) is 4.98 Å². The summed E-state index contributed by atoms with van der Waals surface area (Å²) in [7, 11) is 2.18. The predicted octanol–water partition coefficient (Wildman–Crippen LogP) is 4.63. The third-order valence-corrected chi connectivity index (χ3v) is 7.63. The minimum atomic E-state index is -0.702. The Morgan fingerprint density at radius 2 is 1.82 bits per heavy atom. The second kappa shape index (κ2) is 8.65. The van der Waals surface area contributed by atoms with Gasteiger partial charge in [-0.25, -0.2) is 9.37 Å². The van der Waals surface area contributed by atoms with E-state index in [0.717, 1.165) is 51.0 Å². The zero-order valence-electron chi connectivity index (χ0n) is 20.4. The van der Waals surface area contributed by atoms with Gasteiger partial charge in [-0.1, -0.05) is 12.8 Å². The fourth-order valence-electron chi connectivity index (χ4n) is 5.21. The standard InChI is InChI=1S/C26H33FN6O/c1-17-21-15-28-25(30-23(21)33(24(34)22(17)27)20-7-5-6-8-20)29-18-9-11-19(12-10-18)32-14-13-31(4)26(2,3)16-32/h9-12,15,20H,5-8,13-14,16H2,1-4H3,(H,28,29,30). The number of hydrogen-bond donors (Lipinski definition) is 1. The molecule has 1 aromatic carbocycles. The van der Waals surface area contributed by atoms with Gasteiger partial charge in [0, 0.05) is 59.7 Å². The SMILES string of the molecule is Cc1c(F)c(=O)n(C2CCCC2)c2nc(Nc3ccc(N4CCN(C)C(C)(C)C4)cc3)ncc12. The molecule has 0 unspecified atom stereocenters. The van der Waals surface area contributed by atoms with Crippen LogP contribution in [-0.2, 0) is 0 Å². The highest BCUT2D eigenvalue weighted by Crippen LogP contribution is 2.32. The maximum atomic E-state index is 14.7. The summed E-state index contributed by atoms with van der Waals surface area (Å²) in [6.45, 7) is 9.15. The first-order valence-corrected chi connectivity index (χ1v) is 12.2. The third-order valence-electron chi connectivity index (χ3n) is 7.63. The van der Waals surface area contributed by atoms with E-state index in [1.165, 1.54) is 5.69 Å². The third kappa shape index (κ3) is 4.04. The number of pyridine rings is 1. The van der Waals surface area contributed by atoms with E-state index in [1.807, 2.05) is 12.1 Å². The second-order valence-corrected chi connectivity index (χ2v) is 10.3. The van der Waals surface area contributed by atoms with Crippen molar-refractivity contribution < 1.29 is 4.39 Å². The van der Waals surface area contributed by atoms with E-state index >= 15 is 0 Å². The van der Waals surface area contributed by atoms with Crippen LogP contribution in [0.4, 0.5) is 21.7 Å². The number of nitrogens with zero attached hydrogens (tertiary/aromatic N) is 5. The van der Waals surface area contributed by atoms with Crippen molar-refractivity contribution in [1.82, 2.24) is 19.4 Å². The van der Waals surface area contributed by atoms with E-state index in [9.17, 15) is 9.18 Å². The highest BCUT2D eigenvalue weighted by molar-refractivity contribution is 5.79. The number of hydrogen-bond acceptors (Lipinski definition) is 6. The maximum absolute atomic E-state index is 14.7. The monoisotopic (exact) mass is 464 g/mol. The van der Waals surface area contributed by atoms with E-state index in [1.54, 1.807) is 17.7 Å². The number of halogens is 1. The van der Waals surface area contributed by atoms with Crippen LogP contribution in [0.3, 0.4) is 0 Å². The second-order valence-electron chi connectivity index (χ2n) is 10.3. The van der Waals surface area contributed by atoms with Crippen LogP contribution in [-0.4, -0.2) is 51.7 Å². The molecule has 1 aliphatic carbocycles. The Bertz CT molecular complexity index is 1260. The lowest BCUT2D eigenvalue weighted by atomic mass is 9.99. The van der Waals surface area contributed by atoms with Crippen LogP contribution in [0, 0.1) is 12.7 Å². The number of anilines is 3. The molecule has 2 aromatic heterocycles. The van der Waals surface area contributed by atoms with Gasteiger partial charge in [0.1, 0.15) is 5.65 Å². The summed E-state index contributed by atoms with van der Waals surface area (Å²) >= 11 is 0. The summed E-state index contributed by atoms with van der Waals surface area (Å²) in [6, 6.07) is 8.25. The van der Waals surface area contributed by atoms with Crippen LogP contribution in [0.25, 0.3) is 11.0 Å². The Balaban J connectivity index is 1.43. The van der Waals surface area contributed by atoms with Crippen LogP contribution in [0.15, 0.2) is 35.3 Å². The molecule has 3 aromatic rings. The topological polar surface area (TPSA) is 66.3 Å². The molecule has 3 heterocycles. The molecule has 0 radical (unpaired) electrons. The molecule has 1 saturated carbocycles. The molecule has 5 rings (SSSR count). The molecule has 1 N–H and O–H groups in total. The number of piperazine rings is 1. The van der Waals surface area contributed by atoms with Crippen molar-refractivity contribution in [3.63, 3.8) is 0 Å². The maximum Gasteiger partial charge on any atom is 0.288 e. The molecule has 180 valence electrons. The minimum absolute atomic E-state index is 0.0139. The molecular formula is C26H33FN6O. The molecular weight excluding hydrogens is 431 g/mol. The smallest absolute Gasteiger partial charge is 0.288 e. The molecule has 8 heteroatoms. The first-order valence-electron chi connectivity index (χ1n) is 12.2. The van der Waals surface area contributed by atoms with Crippen molar-refractivity contribution in [2.75, 3.05) is 36.9 Å². The number of nitrogens with one attached hydrogen (secondary N) is 1. The van der Waals surface area contributed by atoms with Gasteiger partial charge >= 0.3 is 0 Å². The largest absolute Gasteiger partial charge is 0.368 e. The average molecular weight is 465 g/mol. The lowest BCUT2D eigenvalue weighted by Crippen LogP contribution is -2.57. The van der Waals surface area contributed by atoms with Gasteiger partial charge in [0.25, 0.3) is 5.56 Å². The Hall–Kier alpha value is -3.00. The predicted molar refractivity (Wildman–Crippen MR) is 135 cm³/mol. The number of aromatic nitrogens is 3. The molecule has 7 nitrogen and oxygen atoms in total. The Labute approximate surface area is 199 Å². The zero-order valence-corrected chi connectivity index (χ0v) is 20.4. The van der Waals surface area contributed by atoms with Gasteiger partial charge in [-0.3, -0.25) is 14.3 Å².